The standard InChI is InChI=1S/C18H18N3/c1-11-9-12(2)19-17-15-8-6-5-7-14(15)16-10-13(3)20(4)21(16)18(11)17/h5-10H,1-4H3/q+1. The number of hydrogen-bond donors (Lipinski definition) is 0. The van der Waals surface area contributed by atoms with Crippen LogP contribution in [-0.2, 0) is 7.05 Å². The van der Waals surface area contributed by atoms with Crippen molar-refractivity contribution in [3.63, 3.8) is 0 Å². The maximum atomic E-state index is 4.83. The van der Waals surface area contributed by atoms with E-state index >= 15 is 0 Å². The summed E-state index contributed by atoms with van der Waals surface area (Å²) in [5, 5.41) is 2.48. The summed E-state index contributed by atoms with van der Waals surface area (Å²) in [6, 6.07) is 13.0. The van der Waals surface area contributed by atoms with Crippen molar-refractivity contribution in [3.8, 4) is 0 Å². The third kappa shape index (κ3) is 1.54. The van der Waals surface area contributed by atoms with Crippen molar-refractivity contribution in [2.45, 2.75) is 20.8 Å². The zero-order valence-corrected chi connectivity index (χ0v) is 12.8. The number of fused-ring (bicyclic) bond motifs is 6. The molecule has 0 fully saturated rings. The molecule has 0 saturated carbocycles. The number of hydrogen-bond acceptors (Lipinski definition) is 1. The molecule has 0 atom stereocenters. The number of benzene rings is 1. The van der Waals surface area contributed by atoms with Gasteiger partial charge in [-0.25, -0.2) is 4.98 Å². The maximum absolute atomic E-state index is 4.83. The molecule has 3 heterocycles. The van der Waals surface area contributed by atoms with Crippen LogP contribution in [0.5, 0.6) is 0 Å². The molecule has 0 spiro atoms. The quantitative estimate of drug-likeness (QED) is 0.356. The Balaban J connectivity index is 2.47. The Morgan fingerprint density at radius 3 is 2.48 bits per heavy atom. The summed E-state index contributed by atoms with van der Waals surface area (Å²) in [4.78, 5) is 4.83. The van der Waals surface area contributed by atoms with E-state index in [0.717, 1.165) is 11.2 Å². The van der Waals surface area contributed by atoms with Crippen LogP contribution in [0.1, 0.15) is 17.0 Å². The lowest BCUT2D eigenvalue weighted by atomic mass is 10.1. The van der Waals surface area contributed by atoms with Crippen molar-refractivity contribution < 1.29 is 4.52 Å². The van der Waals surface area contributed by atoms with Crippen molar-refractivity contribution in [1.29, 1.82) is 0 Å². The van der Waals surface area contributed by atoms with Gasteiger partial charge in [0.2, 0.25) is 5.52 Å². The Labute approximate surface area is 123 Å². The van der Waals surface area contributed by atoms with Crippen molar-refractivity contribution in [2.75, 3.05) is 0 Å². The number of nitrogens with zero attached hydrogens (tertiary/aromatic N) is 3. The average molecular weight is 276 g/mol. The van der Waals surface area contributed by atoms with Crippen LogP contribution >= 0.6 is 0 Å². The Hall–Kier alpha value is -2.42. The minimum atomic E-state index is 1.07. The fourth-order valence-electron chi connectivity index (χ4n) is 3.33. The molecule has 0 aliphatic rings. The van der Waals surface area contributed by atoms with Crippen LogP contribution in [0.3, 0.4) is 0 Å². The zero-order valence-electron chi connectivity index (χ0n) is 12.8. The summed E-state index contributed by atoms with van der Waals surface area (Å²) in [6.07, 6.45) is 0. The fraction of sp³-hybridized carbons (Fsp3) is 0.222. The van der Waals surface area contributed by atoms with E-state index in [9.17, 15) is 0 Å². The van der Waals surface area contributed by atoms with Crippen LogP contribution in [0.4, 0.5) is 0 Å². The number of rotatable bonds is 0. The van der Waals surface area contributed by atoms with Gasteiger partial charge in [0, 0.05) is 22.7 Å². The lowest BCUT2D eigenvalue weighted by Crippen LogP contribution is -2.33. The van der Waals surface area contributed by atoms with Gasteiger partial charge >= 0.3 is 0 Å². The first kappa shape index (κ1) is 12.3. The third-order valence-corrected chi connectivity index (χ3v) is 4.37. The summed E-state index contributed by atoms with van der Waals surface area (Å²) < 4.78 is 4.49. The largest absolute Gasteiger partial charge is 0.265 e. The molecule has 0 radical (unpaired) electrons. The second-order valence-electron chi connectivity index (χ2n) is 5.83. The predicted octanol–water partition coefficient (Wildman–Crippen LogP) is 3.39. The molecule has 0 saturated heterocycles. The van der Waals surface area contributed by atoms with Crippen molar-refractivity contribution >= 4 is 27.3 Å². The van der Waals surface area contributed by atoms with Gasteiger partial charge in [-0.3, -0.25) is 0 Å². The van der Waals surface area contributed by atoms with Gasteiger partial charge in [0.05, 0.1) is 18.1 Å². The van der Waals surface area contributed by atoms with Gasteiger partial charge in [-0.05, 0) is 32.9 Å². The van der Waals surface area contributed by atoms with Crippen LogP contribution in [0.15, 0.2) is 36.4 Å². The molecule has 0 aliphatic heterocycles. The Bertz CT molecular complexity index is 1030. The Kier molecular flexibility index (Phi) is 2.37. The monoisotopic (exact) mass is 276 g/mol. The smallest absolute Gasteiger partial charge is 0.246 e. The van der Waals surface area contributed by atoms with E-state index in [-0.39, 0.29) is 0 Å². The van der Waals surface area contributed by atoms with Crippen molar-refractivity contribution in [2.24, 2.45) is 7.05 Å². The molecule has 0 bridgehead atoms. The molecule has 0 N–H and O–H groups in total. The first-order chi connectivity index (χ1) is 10.1. The van der Waals surface area contributed by atoms with Gasteiger partial charge in [-0.1, -0.05) is 22.7 Å². The van der Waals surface area contributed by atoms with Gasteiger partial charge in [-0.2, -0.15) is 4.68 Å². The molecule has 104 valence electrons. The molecule has 0 aliphatic carbocycles. The highest BCUT2D eigenvalue weighted by Gasteiger charge is 2.23. The van der Waals surface area contributed by atoms with Gasteiger partial charge in [0.15, 0.2) is 0 Å². The van der Waals surface area contributed by atoms with Crippen molar-refractivity contribution in [3.05, 3.63) is 53.3 Å². The summed E-state index contributed by atoms with van der Waals surface area (Å²) >= 11 is 0. The minimum Gasteiger partial charge on any atom is -0.246 e. The molecular weight excluding hydrogens is 258 g/mol. The minimum absolute atomic E-state index is 1.07. The van der Waals surface area contributed by atoms with Gasteiger partial charge in [0.25, 0.3) is 5.52 Å². The fourth-order valence-corrected chi connectivity index (χ4v) is 3.33. The zero-order chi connectivity index (χ0) is 14.7. The van der Waals surface area contributed by atoms with E-state index in [1.54, 1.807) is 0 Å². The van der Waals surface area contributed by atoms with Crippen LogP contribution in [-0.4, -0.2) is 9.67 Å². The molecule has 21 heavy (non-hydrogen) atoms. The molecule has 3 heteroatoms. The van der Waals surface area contributed by atoms with E-state index in [0.29, 0.717) is 0 Å². The van der Waals surface area contributed by atoms with E-state index in [4.69, 9.17) is 4.98 Å². The van der Waals surface area contributed by atoms with Crippen LogP contribution in [0.2, 0.25) is 0 Å². The Morgan fingerprint density at radius 1 is 1.00 bits per heavy atom. The molecule has 4 aromatic rings. The first-order valence-electron chi connectivity index (χ1n) is 7.25. The van der Waals surface area contributed by atoms with E-state index in [2.05, 4.69) is 73.4 Å². The van der Waals surface area contributed by atoms with Crippen LogP contribution < -0.4 is 4.52 Å². The lowest BCUT2D eigenvalue weighted by Gasteiger charge is -2.05. The number of aryl methyl sites for hydroxylation is 4. The van der Waals surface area contributed by atoms with Gasteiger partial charge < -0.3 is 0 Å². The SMILES string of the molecule is Cc1cc(C)c2c(n1)c1ccccc1c1cc(C)n(C)[n+]12. The molecular formula is C18H18N3+. The highest BCUT2D eigenvalue weighted by Crippen LogP contribution is 2.27. The molecule has 4 rings (SSSR count). The van der Waals surface area contributed by atoms with Crippen molar-refractivity contribution in [1.82, 2.24) is 9.67 Å². The molecule has 3 nitrogen and oxygen atoms in total. The molecule has 1 aromatic carbocycles. The maximum Gasteiger partial charge on any atom is 0.265 e. The second kappa shape index (κ2) is 4.04. The normalized spacial score (nSPS) is 11.8. The summed E-state index contributed by atoms with van der Waals surface area (Å²) in [7, 11) is 2.11. The summed E-state index contributed by atoms with van der Waals surface area (Å²) in [5.74, 6) is 0. The van der Waals surface area contributed by atoms with E-state index in [1.165, 1.54) is 33.1 Å². The highest BCUT2D eigenvalue weighted by molar-refractivity contribution is 6.08. The highest BCUT2D eigenvalue weighted by atomic mass is 15.3. The molecule has 0 amide bonds. The van der Waals surface area contributed by atoms with Gasteiger partial charge in [-0.15, -0.1) is 0 Å². The third-order valence-electron chi connectivity index (χ3n) is 4.37. The van der Waals surface area contributed by atoms with Crippen LogP contribution in [0.25, 0.3) is 27.3 Å². The van der Waals surface area contributed by atoms with Gasteiger partial charge in [0.1, 0.15) is 5.52 Å². The predicted molar refractivity (Wildman–Crippen MR) is 85.6 cm³/mol. The number of pyridine rings is 2. The summed E-state index contributed by atoms with van der Waals surface area (Å²) in [5.41, 5.74) is 7.10. The number of aromatic nitrogens is 3. The second-order valence-corrected chi connectivity index (χ2v) is 5.83. The lowest BCUT2D eigenvalue weighted by molar-refractivity contribution is -0.580. The van der Waals surface area contributed by atoms with E-state index in [1.807, 2.05) is 0 Å². The average Bonchev–Trinajstić information content (AvgIpc) is 2.75. The first-order valence-corrected chi connectivity index (χ1v) is 7.25. The summed E-state index contributed by atoms with van der Waals surface area (Å²) in [6.45, 7) is 6.37. The Morgan fingerprint density at radius 2 is 1.71 bits per heavy atom. The van der Waals surface area contributed by atoms with Crippen LogP contribution in [0, 0.1) is 20.8 Å². The van der Waals surface area contributed by atoms with E-state index < -0.39 is 0 Å². The molecule has 3 aromatic heterocycles. The topological polar surface area (TPSA) is 21.9 Å². The molecule has 0 unspecified atom stereocenters.